The van der Waals surface area contributed by atoms with Crippen LogP contribution in [0.5, 0.6) is 5.75 Å². The van der Waals surface area contributed by atoms with E-state index in [1.165, 1.54) is 30.6 Å². The second-order valence-corrected chi connectivity index (χ2v) is 10.7. The summed E-state index contributed by atoms with van der Waals surface area (Å²) >= 11 is 1.43. The van der Waals surface area contributed by atoms with Crippen LogP contribution in [0.25, 0.3) is 10.2 Å². The van der Waals surface area contributed by atoms with Crippen LogP contribution in [0.2, 0.25) is 0 Å². The van der Waals surface area contributed by atoms with E-state index in [0.29, 0.717) is 17.4 Å². The second-order valence-electron chi connectivity index (χ2n) is 7.63. The Hall–Kier alpha value is -3.23. The van der Waals surface area contributed by atoms with Crippen molar-refractivity contribution in [1.29, 1.82) is 0 Å². The molecule has 6 nitrogen and oxygen atoms in total. The van der Waals surface area contributed by atoms with Gasteiger partial charge in [-0.1, -0.05) is 53.8 Å². The summed E-state index contributed by atoms with van der Waals surface area (Å²) in [6, 6.07) is 21.7. The summed E-state index contributed by atoms with van der Waals surface area (Å²) in [5, 5.41) is 0.565. The molecule has 4 rings (SSSR count). The molecule has 0 saturated heterocycles. The van der Waals surface area contributed by atoms with Crippen LogP contribution < -0.4 is 9.64 Å². The number of amides is 1. The molecule has 0 spiro atoms. The number of carbonyl (C=O) groups is 1. The highest BCUT2D eigenvalue weighted by atomic mass is 32.2. The molecule has 3 aromatic carbocycles. The molecule has 1 amide bonds. The number of sulfone groups is 1. The number of fused-ring (bicyclic) bond motifs is 1. The van der Waals surface area contributed by atoms with Crippen molar-refractivity contribution in [2.45, 2.75) is 24.8 Å². The van der Waals surface area contributed by atoms with E-state index in [0.717, 1.165) is 21.3 Å². The molecule has 0 aliphatic carbocycles. The monoisotopic (exact) mass is 480 g/mol. The van der Waals surface area contributed by atoms with Crippen molar-refractivity contribution in [3.05, 3.63) is 83.9 Å². The van der Waals surface area contributed by atoms with E-state index in [9.17, 15) is 13.2 Å². The minimum absolute atomic E-state index is 0.143. The molecule has 0 saturated carbocycles. The Bertz CT molecular complexity index is 1360. The average Bonchev–Trinajstić information content (AvgIpc) is 3.27. The van der Waals surface area contributed by atoms with Crippen LogP contribution in [0, 0.1) is 6.92 Å². The maximum absolute atomic E-state index is 13.3. The zero-order valence-corrected chi connectivity index (χ0v) is 20.0. The van der Waals surface area contributed by atoms with Crippen molar-refractivity contribution < 1.29 is 17.9 Å². The lowest BCUT2D eigenvalue weighted by molar-refractivity contribution is -0.118. The summed E-state index contributed by atoms with van der Waals surface area (Å²) in [6.07, 6.45) is -0.143. The maximum atomic E-state index is 13.3. The van der Waals surface area contributed by atoms with Gasteiger partial charge in [-0.15, -0.1) is 0 Å². The molecule has 1 aromatic heterocycles. The largest absolute Gasteiger partial charge is 0.497 e. The fraction of sp³-hybridized carbons (Fsp3) is 0.200. The lowest BCUT2D eigenvalue weighted by Gasteiger charge is -2.20. The van der Waals surface area contributed by atoms with Crippen LogP contribution in [-0.4, -0.2) is 32.2 Å². The third-order valence-corrected chi connectivity index (χ3v) is 8.10. The minimum Gasteiger partial charge on any atom is -0.497 e. The predicted molar refractivity (Wildman–Crippen MR) is 132 cm³/mol. The first kappa shape index (κ1) is 22.9. The summed E-state index contributed by atoms with van der Waals surface area (Å²) in [5.41, 5.74) is 2.83. The quantitative estimate of drug-likeness (QED) is 0.354. The molecule has 0 N–H and O–H groups in total. The molecule has 0 unspecified atom stereocenters. The highest BCUT2D eigenvalue weighted by Crippen LogP contribution is 2.32. The van der Waals surface area contributed by atoms with Gasteiger partial charge in [-0.2, -0.15) is 0 Å². The van der Waals surface area contributed by atoms with Crippen molar-refractivity contribution in [3.8, 4) is 5.75 Å². The lowest BCUT2D eigenvalue weighted by Crippen LogP contribution is -2.31. The standard InChI is InChI=1S/C25H24N2O4S2/c1-18-7-6-10-22-24(18)26-25(32-22)27(17-19-8-4-3-5-9-19)23(28)15-16-33(29,30)21-13-11-20(31-2)12-14-21/h3-14H,15-17H2,1-2H3. The first-order chi connectivity index (χ1) is 15.9. The van der Waals surface area contributed by atoms with Gasteiger partial charge in [0.1, 0.15) is 5.75 Å². The molecule has 1 heterocycles. The highest BCUT2D eigenvalue weighted by molar-refractivity contribution is 7.91. The smallest absolute Gasteiger partial charge is 0.230 e. The maximum Gasteiger partial charge on any atom is 0.230 e. The van der Waals surface area contributed by atoms with Gasteiger partial charge in [-0.3, -0.25) is 9.69 Å². The van der Waals surface area contributed by atoms with Gasteiger partial charge in [0.15, 0.2) is 15.0 Å². The summed E-state index contributed by atoms with van der Waals surface area (Å²) in [5.74, 6) is 0.00532. The number of methoxy groups -OCH3 is 1. The van der Waals surface area contributed by atoms with Gasteiger partial charge in [0, 0.05) is 6.42 Å². The number of ether oxygens (including phenoxy) is 1. The van der Waals surface area contributed by atoms with Crippen molar-refractivity contribution in [3.63, 3.8) is 0 Å². The Morgan fingerprint density at radius 2 is 1.73 bits per heavy atom. The van der Waals surface area contributed by atoms with Crippen LogP contribution in [-0.2, 0) is 21.2 Å². The van der Waals surface area contributed by atoms with Gasteiger partial charge in [0.05, 0.1) is 34.5 Å². The topological polar surface area (TPSA) is 76.6 Å². The number of aryl methyl sites for hydroxylation is 1. The van der Waals surface area contributed by atoms with Crippen molar-refractivity contribution in [1.82, 2.24) is 4.98 Å². The first-order valence-corrected chi connectivity index (χ1v) is 12.9. The molecule has 0 aliphatic rings. The first-order valence-electron chi connectivity index (χ1n) is 10.4. The number of nitrogens with zero attached hydrogens (tertiary/aromatic N) is 2. The Morgan fingerprint density at radius 3 is 2.39 bits per heavy atom. The summed E-state index contributed by atoms with van der Waals surface area (Å²) < 4.78 is 31.7. The van der Waals surface area contributed by atoms with E-state index in [1.54, 1.807) is 17.0 Å². The van der Waals surface area contributed by atoms with Gasteiger partial charge < -0.3 is 4.74 Å². The van der Waals surface area contributed by atoms with Crippen molar-refractivity contribution in [2.24, 2.45) is 0 Å². The fourth-order valence-electron chi connectivity index (χ4n) is 3.48. The molecule has 33 heavy (non-hydrogen) atoms. The molecule has 4 aromatic rings. The fourth-order valence-corrected chi connectivity index (χ4v) is 5.77. The molecular formula is C25H24N2O4S2. The number of benzene rings is 3. The number of thiazole rings is 1. The lowest BCUT2D eigenvalue weighted by atomic mass is 10.2. The van der Waals surface area contributed by atoms with Gasteiger partial charge in [0.2, 0.25) is 5.91 Å². The second kappa shape index (κ2) is 9.72. The molecule has 8 heteroatoms. The Kier molecular flexibility index (Phi) is 6.76. The van der Waals surface area contributed by atoms with Crippen molar-refractivity contribution in [2.75, 3.05) is 17.8 Å². The van der Waals surface area contributed by atoms with E-state index in [-0.39, 0.29) is 23.0 Å². The number of hydrogen-bond donors (Lipinski definition) is 0. The van der Waals surface area contributed by atoms with Gasteiger partial charge >= 0.3 is 0 Å². The third-order valence-electron chi connectivity index (χ3n) is 5.33. The molecule has 0 aliphatic heterocycles. The number of para-hydroxylation sites is 1. The average molecular weight is 481 g/mol. The normalized spacial score (nSPS) is 11.5. The molecule has 0 atom stereocenters. The number of aromatic nitrogens is 1. The van der Waals surface area contributed by atoms with Crippen LogP contribution in [0.1, 0.15) is 17.5 Å². The van der Waals surface area contributed by atoms with Crippen LogP contribution >= 0.6 is 11.3 Å². The van der Waals surface area contributed by atoms with Gasteiger partial charge in [-0.05, 0) is 48.4 Å². The zero-order chi connectivity index (χ0) is 23.4. The Balaban J connectivity index is 1.59. The molecule has 170 valence electrons. The summed E-state index contributed by atoms with van der Waals surface area (Å²) in [6.45, 7) is 2.30. The summed E-state index contributed by atoms with van der Waals surface area (Å²) in [4.78, 5) is 19.8. The van der Waals surface area contributed by atoms with Gasteiger partial charge in [0.25, 0.3) is 0 Å². The van der Waals surface area contributed by atoms with E-state index in [2.05, 4.69) is 0 Å². The molecule has 0 fully saturated rings. The van der Waals surface area contributed by atoms with E-state index in [4.69, 9.17) is 9.72 Å². The minimum atomic E-state index is -3.62. The van der Waals surface area contributed by atoms with E-state index in [1.807, 2.05) is 55.5 Å². The highest BCUT2D eigenvalue weighted by Gasteiger charge is 2.24. The molecular weight excluding hydrogens is 456 g/mol. The number of rotatable bonds is 8. The Morgan fingerprint density at radius 1 is 1.00 bits per heavy atom. The Labute approximate surface area is 197 Å². The van der Waals surface area contributed by atoms with Crippen LogP contribution in [0.3, 0.4) is 0 Å². The van der Waals surface area contributed by atoms with Crippen molar-refractivity contribution >= 4 is 42.4 Å². The number of anilines is 1. The zero-order valence-electron chi connectivity index (χ0n) is 18.4. The SMILES string of the molecule is COc1ccc(S(=O)(=O)CCC(=O)N(Cc2ccccc2)c2nc3c(C)cccc3s2)cc1. The van der Waals surface area contributed by atoms with Crippen LogP contribution in [0.15, 0.2) is 77.7 Å². The predicted octanol–water partition coefficient (Wildman–Crippen LogP) is 5.01. The van der Waals surface area contributed by atoms with Crippen LogP contribution in [0.4, 0.5) is 5.13 Å². The van der Waals surface area contributed by atoms with E-state index < -0.39 is 9.84 Å². The number of hydrogen-bond acceptors (Lipinski definition) is 6. The van der Waals surface area contributed by atoms with E-state index >= 15 is 0 Å². The molecule has 0 radical (unpaired) electrons. The third kappa shape index (κ3) is 5.23. The van der Waals surface area contributed by atoms with Gasteiger partial charge in [-0.25, -0.2) is 13.4 Å². The molecule has 0 bridgehead atoms. The summed E-state index contributed by atoms with van der Waals surface area (Å²) in [7, 11) is -2.10. The number of carbonyl (C=O) groups excluding carboxylic acids is 1.